The lowest BCUT2D eigenvalue weighted by Gasteiger charge is -2.37. The summed E-state index contributed by atoms with van der Waals surface area (Å²) >= 11 is 0. The summed E-state index contributed by atoms with van der Waals surface area (Å²) in [5, 5.41) is 0. The molecule has 0 aromatic heterocycles. The summed E-state index contributed by atoms with van der Waals surface area (Å²) in [6.45, 7) is 18.2. The minimum atomic E-state index is 0.197. The van der Waals surface area contributed by atoms with Crippen LogP contribution in [0.15, 0.2) is 18.2 Å². The van der Waals surface area contributed by atoms with Gasteiger partial charge in [0, 0.05) is 6.54 Å². The van der Waals surface area contributed by atoms with Crippen LogP contribution in [0.3, 0.4) is 0 Å². The highest BCUT2D eigenvalue weighted by atomic mass is 15.1. The van der Waals surface area contributed by atoms with Crippen molar-refractivity contribution in [3.8, 4) is 0 Å². The average molecular weight is 331 g/mol. The number of nitrogens with two attached hydrogens (primary N) is 1. The Hall–Kier alpha value is -0.860. The Bertz CT molecular complexity index is 519. The van der Waals surface area contributed by atoms with E-state index in [-0.39, 0.29) is 5.41 Å². The quantitative estimate of drug-likeness (QED) is 0.847. The fourth-order valence-corrected chi connectivity index (χ4v) is 4.13. The summed E-state index contributed by atoms with van der Waals surface area (Å²) in [4.78, 5) is 2.63. The number of rotatable bonds is 5. The maximum atomic E-state index is 6.27. The number of benzene rings is 1. The summed E-state index contributed by atoms with van der Waals surface area (Å²) in [7, 11) is 0. The van der Waals surface area contributed by atoms with Crippen LogP contribution in [-0.4, -0.2) is 31.1 Å². The Balaban J connectivity index is 2.15. The second kappa shape index (κ2) is 8.01. The van der Waals surface area contributed by atoms with Crippen LogP contribution in [0.2, 0.25) is 0 Å². The summed E-state index contributed by atoms with van der Waals surface area (Å²) < 4.78 is 0. The zero-order chi connectivity index (χ0) is 17.9. The van der Waals surface area contributed by atoms with Crippen LogP contribution in [0.4, 0.5) is 0 Å². The van der Waals surface area contributed by atoms with E-state index in [1.807, 2.05) is 0 Å². The molecule has 1 atom stereocenters. The Morgan fingerprint density at radius 1 is 1.17 bits per heavy atom. The van der Waals surface area contributed by atoms with Gasteiger partial charge in [0.05, 0.1) is 0 Å². The Morgan fingerprint density at radius 2 is 1.79 bits per heavy atom. The number of likely N-dealkylation sites (tertiary alicyclic amines) is 1. The predicted octanol–water partition coefficient (Wildman–Crippen LogP) is 4.70. The summed E-state index contributed by atoms with van der Waals surface area (Å²) in [6.07, 6.45) is 2.57. The highest BCUT2D eigenvalue weighted by Crippen LogP contribution is 2.36. The van der Waals surface area contributed by atoms with Crippen LogP contribution in [0.5, 0.6) is 0 Å². The van der Waals surface area contributed by atoms with Crippen LogP contribution >= 0.6 is 0 Å². The van der Waals surface area contributed by atoms with Gasteiger partial charge in [0.15, 0.2) is 0 Å². The van der Waals surface area contributed by atoms with E-state index in [9.17, 15) is 0 Å². The molecule has 0 bridgehead atoms. The molecule has 2 heteroatoms. The van der Waals surface area contributed by atoms with Gasteiger partial charge in [-0.3, -0.25) is 0 Å². The molecule has 1 fully saturated rings. The van der Waals surface area contributed by atoms with Crippen molar-refractivity contribution >= 4 is 0 Å². The zero-order valence-electron chi connectivity index (χ0n) is 16.7. The summed E-state index contributed by atoms with van der Waals surface area (Å²) in [5.74, 6) is 2.00. The van der Waals surface area contributed by atoms with E-state index in [1.165, 1.54) is 49.2 Å². The lowest BCUT2D eigenvalue weighted by Crippen LogP contribution is -2.39. The Labute approximate surface area is 149 Å². The number of aryl methyl sites for hydroxylation is 1. The topological polar surface area (TPSA) is 29.3 Å². The summed E-state index contributed by atoms with van der Waals surface area (Å²) in [5.41, 5.74) is 10.8. The van der Waals surface area contributed by atoms with Crippen LogP contribution in [0.25, 0.3) is 0 Å². The minimum absolute atomic E-state index is 0.197. The van der Waals surface area contributed by atoms with Crippen LogP contribution in [0.1, 0.15) is 70.1 Å². The lowest BCUT2D eigenvalue weighted by atomic mass is 9.76. The fraction of sp³-hybridized carbons (Fsp3) is 0.727. The highest BCUT2D eigenvalue weighted by Gasteiger charge is 2.28. The van der Waals surface area contributed by atoms with Gasteiger partial charge in [-0.15, -0.1) is 0 Å². The molecule has 1 saturated heterocycles. The number of hydrogen-bond acceptors (Lipinski definition) is 2. The van der Waals surface area contributed by atoms with Crippen molar-refractivity contribution < 1.29 is 0 Å². The van der Waals surface area contributed by atoms with Crippen molar-refractivity contribution in [3.63, 3.8) is 0 Å². The maximum absolute atomic E-state index is 6.27. The van der Waals surface area contributed by atoms with Gasteiger partial charge in [-0.05, 0) is 79.3 Å². The molecule has 2 nitrogen and oxygen atoms in total. The molecule has 1 heterocycles. The van der Waals surface area contributed by atoms with Gasteiger partial charge in [-0.1, -0.05) is 52.8 Å². The molecule has 0 spiro atoms. The average Bonchev–Trinajstić information content (AvgIpc) is 2.49. The highest BCUT2D eigenvalue weighted by molar-refractivity contribution is 5.37. The molecular formula is C22H38N2. The first-order valence-electron chi connectivity index (χ1n) is 9.75. The fourth-order valence-electron chi connectivity index (χ4n) is 4.13. The van der Waals surface area contributed by atoms with Gasteiger partial charge < -0.3 is 10.6 Å². The smallest absolute Gasteiger partial charge is 0.000439 e. The van der Waals surface area contributed by atoms with E-state index in [0.29, 0.717) is 5.92 Å². The molecule has 24 heavy (non-hydrogen) atoms. The SMILES string of the molecule is Cc1ccc(C(C)(C)C)cc1C(CN)C1CCN(CC(C)C)CC1. The van der Waals surface area contributed by atoms with Crippen molar-refractivity contribution in [3.05, 3.63) is 34.9 Å². The first-order chi connectivity index (χ1) is 11.2. The molecule has 1 aliphatic rings. The van der Waals surface area contributed by atoms with Gasteiger partial charge in [0.2, 0.25) is 0 Å². The third-order valence-electron chi connectivity index (χ3n) is 5.62. The van der Waals surface area contributed by atoms with Gasteiger partial charge in [-0.25, -0.2) is 0 Å². The summed E-state index contributed by atoms with van der Waals surface area (Å²) in [6, 6.07) is 7.03. The molecule has 0 aliphatic carbocycles. The normalized spacial score (nSPS) is 19.0. The third kappa shape index (κ3) is 4.83. The van der Waals surface area contributed by atoms with Crippen molar-refractivity contribution in [1.29, 1.82) is 0 Å². The molecule has 0 radical (unpaired) electrons. The molecule has 136 valence electrons. The molecular weight excluding hydrogens is 292 g/mol. The molecule has 1 aromatic rings. The van der Waals surface area contributed by atoms with Crippen molar-refractivity contribution in [1.82, 2.24) is 4.90 Å². The van der Waals surface area contributed by atoms with E-state index in [4.69, 9.17) is 5.73 Å². The molecule has 1 unspecified atom stereocenters. The van der Waals surface area contributed by atoms with Crippen molar-refractivity contribution in [2.75, 3.05) is 26.2 Å². The maximum Gasteiger partial charge on any atom is 0.000439 e. The van der Waals surface area contributed by atoms with E-state index < -0.39 is 0 Å². The molecule has 2 N–H and O–H groups in total. The second-order valence-electron chi connectivity index (χ2n) is 9.20. The first kappa shape index (κ1) is 19.5. The van der Waals surface area contributed by atoms with Gasteiger partial charge >= 0.3 is 0 Å². The van der Waals surface area contributed by atoms with Crippen LogP contribution in [0, 0.1) is 18.8 Å². The molecule has 0 amide bonds. The number of piperidine rings is 1. The van der Waals surface area contributed by atoms with Crippen LogP contribution < -0.4 is 5.73 Å². The van der Waals surface area contributed by atoms with Gasteiger partial charge in [-0.2, -0.15) is 0 Å². The van der Waals surface area contributed by atoms with E-state index in [0.717, 1.165) is 18.4 Å². The van der Waals surface area contributed by atoms with E-state index >= 15 is 0 Å². The van der Waals surface area contributed by atoms with E-state index in [2.05, 4.69) is 64.6 Å². The predicted molar refractivity (Wildman–Crippen MR) is 106 cm³/mol. The second-order valence-corrected chi connectivity index (χ2v) is 9.20. The number of hydrogen-bond donors (Lipinski definition) is 1. The van der Waals surface area contributed by atoms with E-state index in [1.54, 1.807) is 0 Å². The monoisotopic (exact) mass is 330 g/mol. The Morgan fingerprint density at radius 3 is 2.29 bits per heavy atom. The standard InChI is InChI=1S/C22H38N2/c1-16(2)15-24-11-9-18(10-12-24)21(14-23)20-13-19(22(4,5)6)8-7-17(20)3/h7-8,13,16,18,21H,9-12,14-15,23H2,1-6H3. The zero-order valence-corrected chi connectivity index (χ0v) is 16.7. The molecule has 0 saturated carbocycles. The molecule has 1 aliphatic heterocycles. The lowest BCUT2D eigenvalue weighted by molar-refractivity contribution is 0.155. The third-order valence-corrected chi connectivity index (χ3v) is 5.62. The van der Waals surface area contributed by atoms with Gasteiger partial charge in [0.25, 0.3) is 0 Å². The molecule has 2 rings (SSSR count). The van der Waals surface area contributed by atoms with Crippen LogP contribution in [-0.2, 0) is 5.41 Å². The Kier molecular flexibility index (Phi) is 6.50. The van der Waals surface area contributed by atoms with Gasteiger partial charge in [0.1, 0.15) is 0 Å². The minimum Gasteiger partial charge on any atom is -0.330 e. The molecule has 1 aromatic carbocycles. The van der Waals surface area contributed by atoms with Crippen molar-refractivity contribution in [2.24, 2.45) is 17.6 Å². The van der Waals surface area contributed by atoms with Crippen molar-refractivity contribution in [2.45, 2.75) is 65.7 Å². The largest absolute Gasteiger partial charge is 0.330 e. The number of nitrogens with zero attached hydrogens (tertiary/aromatic N) is 1. The first-order valence-corrected chi connectivity index (χ1v) is 9.75.